The Labute approximate surface area is 171 Å². The highest BCUT2D eigenvalue weighted by molar-refractivity contribution is 5.95. The van der Waals surface area contributed by atoms with Gasteiger partial charge < -0.3 is 20.1 Å². The number of rotatable bonds is 3. The second-order valence-electron chi connectivity index (χ2n) is 6.55. The second kappa shape index (κ2) is 7.99. The first-order chi connectivity index (χ1) is 14.4. The zero-order valence-electron chi connectivity index (χ0n) is 15.3. The molecule has 164 valence electrons. The van der Waals surface area contributed by atoms with Gasteiger partial charge in [-0.3, -0.25) is 4.79 Å². The molecule has 12 heteroatoms. The highest BCUT2D eigenvalue weighted by Crippen LogP contribution is 2.39. The van der Waals surface area contributed by atoms with Crippen LogP contribution in [0.3, 0.4) is 0 Å². The quantitative estimate of drug-likeness (QED) is 0.551. The number of nitriles is 1. The lowest BCUT2D eigenvalue weighted by Crippen LogP contribution is -2.42. The van der Waals surface area contributed by atoms with Crippen LogP contribution in [0.4, 0.5) is 37.7 Å². The van der Waals surface area contributed by atoms with Gasteiger partial charge in [-0.2, -0.15) is 31.6 Å². The molecular weight excluding hydrogens is 432 g/mol. The van der Waals surface area contributed by atoms with Crippen molar-refractivity contribution in [3.63, 3.8) is 0 Å². The van der Waals surface area contributed by atoms with Gasteiger partial charge in [-0.15, -0.1) is 0 Å². The van der Waals surface area contributed by atoms with E-state index in [1.165, 1.54) is 30.3 Å². The topological polar surface area (TPSA) is 85.6 Å². The number of amides is 1. The molecule has 1 heterocycles. The second-order valence-corrected chi connectivity index (χ2v) is 6.55. The third-order valence-corrected chi connectivity index (χ3v) is 4.41. The van der Waals surface area contributed by atoms with E-state index in [0.717, 1.165) is 12.1 Å². The Kier molecular flexibility index (Phi) is 5.73. The van der Waals surface area contributed by atoms with Gasteiger partial charge in [0.25, 0.3) is 5.91 Å². The highest BCUT2D eigenvalue weighted by Gasteiger charge is 2.52. The largest absolute Gasteiger partial charge is 0.508 e. The van der Waals surface area contributed by atoms with Crippen LogP contribution in [0, 0.1) is 11.3 Å². The molecule has 0 spiro atoms. The van der Waals surface area contributed by atoms with Crippen molar-refractivity contribution in [2.75, 3.05) is 16.8 Å². The molecule has 0 aliphatic carbocycles. The molecule has 1 aliphatic heterocycles. The number of nitrogens with zero attached hydrogens (tertiary/aromatic N) is 2. The van der Waals surface area contributed by atoms with Crippen molar-refractivity contribution in [2.24, 2.45) is 0 Å². The fraction of sp³-hybridized carbons (Fsp3) is 0.263. The molecule has 2 aromatic rings. The van der Waals surface area contributed by atoms with E-state index in [1.54, 1.807) is 0 Å². The van der Waals surface area contributed by atoms with Crippen LogP contribution in [0.5, 0.6) is 5.75 Å². The molecular formula is C19H13F6N3O3. The van der Waals surface area contributed by atoms with E-state index < -0.39 is 54.0 Å². The van der Waals surface area contributed by atoms with E-state index in [2.05, 4.69) is 5.32 Å². The number of carbonyl (C=O) groups excluding carboxylic acids is 1. The van der Waals surface area contributed by atoms with Crippen molar-refractivity contribution in [1.82, 2.24) is 0 Å². The monoisotopic (exact) mass is 445 g/mol. The van der Waals surface area contributed by atoms with Gasteiger partial charge in [-0.25, -0.2) is 0 Å². The standard InChI is InChI=1S/C19H13F6N3O3/c20-18(21,22)14-7-12(4-1-10(14)8-26)28-9-15(31-17(28)19(23,24)25)16(30)27-11-2-5-13(29)6-3-11/h1-7,15,17,29H,9H2,(H,27,30)/t15-,17+/m0/s1. The van der Waals surface area contributed by atoms with Crippen LogP contribution in [-0.4, -0.2) is 36.1 Å². The van der Waals surface area contributed by atoms with Crippen LogP contribution in [-0.2, 0) is 15.7 Å². The molecule has 1 fully saturated rings. The molecule has 2 N–H and O–H groups in total. The summed E-state index contributed by atoms with van der Waals surface area (Å²) < 4.78 is 84.9. The number of ether oxygens (including phenoxy) is 1. The predicted molar refractivity (Wildman–Crippen MR) is 95.0 cm³/mol. The number of aromatic hydroxyl groups is 1. The lowest BCUT2D eigenvalue weighted by atomic mass is 10.1. The van der Waals surface area contributed by atoms with E-state index in [0.29, 0.717) is 11.0 Å². The lowest BCUT2D eigenvalue weighted by Gasteiger charge is -2.27. The minimum absolute atomic E-state index is 0.0975. The molecule has 0 aromatic heterocycles. The normalized spacial score (nSPS) is 19.2. The third-order valence-electron chi connectivity index (χ3n) is 4.41. The van der Waals surface area contributed by atoms with Crippen molar-refractivity contribution >= 4 is 17.3 Å². The number of halogens is 6. The van der Waals surface area contributed by atoms with Crippen LogP contribution in [0.25, 0.3) is 0 Å². The van der Waals surface area contributed by atoms with Gasteiger partial charge in [0.2, 0.25) is 6.23 Å². The first-order valence-electron chi connectivity index (χ1n) is 8.60. The smallest absolute Gasteiger partial charge is 0.433 e. The maximum absolute atomic E-state index is 13.5. The number of nitrogens with one attached hydrogen (secondary N) is 1. The maximum atomic E-state index is 13.5. The third kappa shape index (κ3) is 4.83. The summed E-state index contributed by atoms with van der Waals surface area (Å²) in [5, 5.41) is 20.4. The van der Waals surface area contributed by atoms with Crippen LogP contribution < -0.4 is 10.2 Å². The van der Waals surface area contributed by atoms with Crippen LogP contribution in [0.15, 0.2) is 42.5 Å². The fourth-order valence-electron chi connectivity index (χ4n) is 3.00. The van der Waals surface area contributed by atoms with Gasteiger partial charge in [-0.05, 0) is 42.5 Å². The number of benzene rings is 2. The van der Waals surface area contributed by atoms with Crippen molar-refractivity contribution in [2.45, 2.75) is 24.7 Å². The minimum atomic E-state index is -5.01. The number of phenols is 1. The molecule has 2 atom stereocenters. The average Bonchev–Trinajstić information content (AvgIpc) is 3.15. The first-order valence-corrected chi connectivity index (χ1v) is 8.60. The molecule has 0 saturated carbocycles. The molecule has 0 bridgehead atoms. The predicted octanol–water partition coefficient (Wildman–Crippen LogP) is 4.01. The summed E-state index contributed by atoms with van der Waals surface area (Å²) in [4.78, 5) is 12.8. The fourth-order valence-corrected chi connectivity index (χ4v) is 3.00. The van der Waals surface area contributed by atoms with E-state index in [9.17, 15) is 36.2 Å². The van der Waals surface area contributed by atoms with Gasteiger partial charge in [0, 0.05) is 11.4 Å². The molecule has 3 rings (SSSR count). The summed E-state index contributed by atoms with van der Waals surface area (Å²) >= 11 is 0. The zero-order valence-corrected chi connectivity index (χ0v) is 15.3. The van der Waals surface area contributed by atoms with Crippen molar-refractivity contribution in [3.8, 4) is 11.8 Å². The Balaban J connectivity index is 1.90. The van der Waals surface area contributed by atoms with E-state index in [4.69, 9.17) is 10.00 Å². The van der Waals surface area contributed by atoms with Gasteiger partial charge in [0.15, 0.2) is 6.10 Å². The summed E-state index contributed by atoms with van der Waals surface area (Å²) in [6.07, 6.45) is -14.3. The van der Waals surface area contributed by atoms with Crippen LogP contribution >= 0.6 is 0 Å². The minimum Gasteiger partial charge on any atom is -0.508 e. The molecule has 1 saturated heterocycles. The summed E-state index contributed by atoms with van der Waals surface area (Å²) in [7, 11) is 0. The van der Waals surface area contributed by atoms with Crippen LogP contribution in [0.2, 0.25) is 0 Å². The number of carbonyl (C=O) groups is 1. The number of hydrogen-bond donors (Lipinski definition) is 2. The number of alkyl halides is 6. The number of phenolic OH excluding ortho intramolecular Hbond substituents is 1. The molecule has 6 nitrogen and oxygen atoms in total. The molecule has 1 aliphatic rings. The van der Waals surface area contributed by atoms with Gasteiger partial charge >= 0.3 is 12.4 Å². The Bertz CT molecular complexity index is 1010. The summed E-state index contributed by atoms with van der Waals surface area (Å²) in [5.41, 5.74) is -2.48. The van der Waals surface area contributed by atoms with Gasteiger partial charge in [0.1, 0.15) is 5.75 Å². The Morgan fingerprint density at radius 2 is 1.77 bits per heavy atom. The summed E-state index contributed by atoms with van der Waals surface area (Å²) in [6.45, 7) is -0.683. The van der Waals surface area contributed by atoms with Gasteiger partial charge in [0.05, 0.1) is 23.7 Å². The Morgan fingerprint density at radius 3 is 2.32 bits per heavy atom. The summed E-state index contributed by atoms with van der Waals surface area (Å²) in [6, 6.07) is 8.54. The average molecular weight is 445 g/mol. The number of hydrogen-bond acceptors (Lipinski definition) is 5. The van der Waals surface area contributed by atoms with E-state index in [1.807, 2.05) is 0 Å². The van der Waals surface area contributed by atoms with Gasteiger partial charge in [-0.1, -0.05) is 0 Å². The molecule has 1 amide bonds. The van der Waals surface area contributed by atoms with Crippen molar-refractivity contribution in [1.29, 1.82) is 5.26 Å². The first kappa shape index (κ1) is 22.2. The molecule has 0 radical (unpaired) electrons. The summed E-state index contributed by atoms with van der Waals surface area (Å²) in [5.74, 6) is -1.05. The highest BCUT2D eigenvalue weighted by atomic mass is 19.4. The Morgan fingerprint density at radius 1 is 1.13 bits per heavy atom. The van der Waals surface area contributed by atoms with E-state index in [-0.39, 0.29) is 11.4 Å². The van der Waals surface area contributed by atoms with Crippen molar-refractivity contribution in [3.05, 3.63) is 53.6 Å². The zero-order chi connectivity index (χ0) is 23.0. The number of anilines is 2. The SMILES string of the molecule is N#Cc1ccc(N2C[C@@H](C(=O)Nc3ccc(O)cc3)O[C@@H]2C(F)(F)F)cc1C(F)(F)F. The molecule has 31 heavy (non-hydrogen) atoms. The van der Waals surface area contributed by atoms with E-state index >= 15 is 0 Å². The Hall–Kier alpha value is -3.46. The van der Waals surface area contributed by atoms with Crippen LogP contribution in [0.1, 0.15) is 11.1 Å². The molecule has 2 aromatic carbocycles. The maximum Gasteiger partial charge on any atom is 0.433 e. The van der Waals surface area contributed by atoms with Crippen molar-refractivity contribution < 1.29 is 41.0 Å². The molecule has 0 unspecified atom stereocenters. The lowest BCUT2D eigenvalue weighted by molar-refractivity contribution is -0.212.